The van der Waals surface area contributed by atoms with Crippen molar-refractivity contribution in [1.29, 1.82) is 0 Å². The van der Waals surface area contributed by atoms with E-state index >= 15 is 0 Å². The summed E-state index contributed by atoms with van der Waals surface area (Å²) in [5, 5.41) is 8.93. The van der Waals surface area contributed by atoms with Gasteiger partial charge in [0.05, 0.1) is 6.61 Å². The lowest BCUT2D eigenvalue weighted by atomic mass is 10.0. The van der Waals surface area contributed by atoms with Crippen LogP contribution in [0, 0.1) is 0 Å². The lowest BCUT2D eigenvalue weighted by molar-refractivity contribution is -0.0979. The number of hydrogen-bond acceptors (Lipinski definition) is 2. The van der Waals surface area contributed by atoms with Crippen LogP contribution in [-0.4, -0.2) is 11.9 Å². The van der Waals surface area contributed by atoms with E-state index in [1.165, 1.54) is 50.5 Å². The third-order valence-corrected chi connectivity index (χ3v) is 3.02. The Balaban J connectivity index is -0.000000689. The topological polar surface area (TPSA) is 37.3 Å². The second kappa shape index (κ2) is 17.8. The van der Waals surface area contributed by atoms with Gasteiger partial charge in [-0.15, -0.1) is 0 Å². The molecule has 2 heteroatoms. The first-order chi connectivity index (χ1) is 8.86. The number of aliphatic hydroxyl groups is 1. The molecule has 1 N–H and O–H groups in total. The quantitative estimate of drug-likeness (QED) is 0.668. The van der Waals surface area contributed by atoms with Crippen molar-refractivity contribution < 1.29 is 9.90 Å². The molecule has 0 spiro atoms. The number of aryl methyl sites for hydroxylation is 1. The average Bonchev–Trinajstić information content (AvgIpc) is 2.45. The minimum atomic E-state index is 0. The SMILES string of the molecule is C.C.C=O.CCCCCCCCc1ccc(CO)cc1. The molecular weight excluding hydrogens is 248 g/mol. The van der Waals surface area contributed by atoms with E-state index in [0.29, 0.717) is 0 Å². The maximum atomic E-state index is 8.93. The van der Waals surface area contributed by atoms with Crippen molar-refractivity contribution >= 4 is 6.79 Å². The molecule has 1 aromatic carbocycles. The number of rotatable bonds is 8. The van der Waals surface area contributed by atoms with Crippen molar-refractivity contribution in [3.8, 4) is 0 Å². The molecule has 0 aliphatic heterocycles. The first-order valence-electron chi connectivity index (χ1n) is 6.84. The van der Waals surface area contributed by atoms with Gasteiger partial charge in [-0.2, -0.15) is 0 Å². The Morgan fingerprint density at radius 2 is 1.30 bits per heavy atom. The Morgan fingerprint density at radius 3 is 1.80 bits per heavy atom. The summed E-state index contributed by atoms with van der Waals surface area (Å²) in [6.45, 7) is 4.40. The van der Waals surface area contributed by atoms with E-state index in [1.54, 1.807) is 0 Å². The zero-order chi connectivity index (χ0) is 13.6. The fourth-order valence-electron chi connectivity index (χ4n) is 1.92. The van der Waals surface area contributed by atoms with E-state index in [4.69, 9.17) is 9.90 Å². The van der Waals surface area contributed by atoms with Crippen molar-refractivity contribution in [2.24, 2.45) is 0 Å². The number of unbranched alkanes of at least 4 members (excludes halogenated alkanes) is 5. The summed E-state index contributed by atoms with van der Waals surface area (Å²) in [4.78, 5) is 8.00. The summed E-state index contributed by atoms with van der Waals surface area (Å²) < 4.78 is 0. The molecule has 1 rings (SSSR count). The van der Waals surface area contributed by atoms with Gasteiger partial charge in [-0.05, 0) is 24.0 Å². The van der Waals surface area contributed by atoms with Crippen LogP contribution in [0.25, 0.3) is 0 Å². The van der Waals surface area contributed by atoms with Crippen LogP contribution >= 0.6 is 0 Å². The lowest BCUT2D eigenvalue weighted by Gasteiger charge is -2.03. The Kier molecular flexibility index (Phi) is 21.3. The highest BCUT2D eigenvalue weighted by Gasteiger charge is 1.95. The summed E-state index contributed by atoms with van der Waals surface area (Å²) in [6, 6.07) is 8.31. The maximum absolute atomic E-state index is 8.93. The molecular formula is C18H34O2. The molecule has 0 aliphatic rings. The largest absolute Gasteiger partial charge is 0.392 e. The zero-order valence-corrected chi connectivity index (χ0v) is 11.5. The van der Waals surface area contributed by atoms with Crippen LogP contribution in [0.4, 0.5) is 0 Å². The second-order valence-corrected chi connectivity index (χ2v) is 4.49. The van der Waals surface area contributed by atoms with Crippen LogP contribution < -0.4 is 0 Å². The highest BCUT2D eigenvalue weighted by molar-refractivity contribution is 5.21. The van der Waals surface area contributed by atoms with Gasteiger partial charge in [0, 0.05) is 0 Å². The first-order valence-corrected chi connectivity index (χ1v) is 6.84. The van der Waals surface area contributed by atoms with Gasteiger partial charge in [-0.3, -0.25) is 0 Å². The van der Waals surface area contributed by atoms with Crippen LogP contribution in [0.1, 0.15) is 71.4 Å². The van der Waals surface area contributed by atoms with Crippen molar-refractivity contribution in [3.05, 3.63) is 35.4 Å². The molecule has 0 unspecified atom stereocenters. The van der Waals surface area contributed by atoms with Gasteiger partial charge in [-0.25, -0.2) is 0 Å². The summed E-state index contributed by atoms with van der Waals surface area (Å²) in [5.41, 5.74) is 2.40. The van der Waals surface area contributed by atoms with E-state index in [-0.39, 0.29) is 21.5 Å². The van der Waals surface area contributed by atoms with Crippen LogP contribution in [0.5, 0.6) is 0 Å². The van der Waals surface area contributed by atoms with Gasteiger partial charge in [0.25, 0.3) is 0 Å². The molecule has 20 heavy (non-hydrogen) atoms. The molecule has 0 aliphatic carbocycles. The van der Waals surface area contributed by atoms with E-state index < -0.39 is 0 Å². The van der Waals surface area contributed by atoms with Crippen LogP contribution in [0.2, 0.25) is 0 Å². The van der Waals surface area contributed by atoms with Gasteiger partial charge in [0.2, 0.25) is 0 Å². The monoisotopic (exact) mass is 282 g/mol. The molecule has 118 valence electrons. The predicted octanol–water partition coefficient (Wildman–Crippen LogP) is 5.17. The number of hydrogen-bond donors (Lipinski definition) is 1. The normalized spacial score (nSPS) is 8.70. The van der Waals surface area contributed by atoms with Gasteiger partial charge < -0.3 is 9.90 Å². The third-order valence-electron chi connectivity index (χ3n) is 3.02. The smallest absolute Gasteiger partial charge is 0.106 e. The molecule has 0 atom stereocenters. The zero-order valence-electron chi connectivity index (χ0n) is 11.5. The predicted molar refractivity (Wildman–Crippen MR) is 90.0 cm³/mol. The summed E-state index contributed by atoms with van der Waals surface area (Å²) in [7, 11) is 0. The fourth-order valence-corrected chi connectivity index (χ4v) is 1.92. The Morgan fingerprint density at radius 1 is 0.850 bits per heavy atom. The Hall–Kier alpha value is -1.15. The summed E-state index contributed by atoms with van der Waals surface area (Å²) in [6.07, 6.45) is 9.29. The molecule has 2 nitrogen and oxygen atoms in total. The molecule has 0 heterocycles. The van der Waals surface area contributed by atoms with Gasteiger partial charge in [0.15, 0.2) is 0 Å². The minimum absolute atomic E-state index is 0. The second-order valence-electron chi connectivity index (χ2n) is 4.49. The van der Waals surface area contributed by atoms with Crippen molar-refractivity contribution in [3.63, 3.8) is 0 Å². The number of carbonyl (C=O) groups is 1. The number of benzene rings is 1. The Labute approximate surface area is 126 Å². The van der Waals surface area contributed by atoms with E-state index in [9.17, 15) is 0 Å². The molecule has 1 aromatic rings. The van der Waals surface area contributed by atoms with Gasteiger partial charge in [0.1, 0.15) is 6.79 Å². The maximum Gasteiger partial charge on any atom is 0.106 e. The Bertz CT molecular complexity index is 280. The van der Waals surface area contributed by atoms with Crippen LogP contribution in [-0.2, 0) is 17.8 Å². The van der Waals surface area contributed by atoms with E-state index in [1.807, 2.05) is 18.9 Å². The van der Waals surface area contributed by atoms with Crippen molar-refractivity contribution in [2.45, 2.75) is 73.3 Å². The molecule has 0 bridgehead atoms. The summed E-state index contributed by atoms with van der Waals surface area (Å²) >= 11 is 0. The van der Waals surface area contributed by atoms with Gasteiger partial charge in [-0.1, -0.05) is 78.1 Å². The molecule has 0 radical (unpaired) electrons. The molecule has 0 fully saturated rings. The highest BCUT2D eigenvalue weighted by Crippen LogP contribution is 2.11. The molecule has 0 saturated carbocycles. The highest BCUT2D eigenvalue weighted by atomic mass is 16.3. The number of carbonyl (C=O) groups excluding carboxylic acids is 1. The number of aliphatic hydroxyl groups excluding tert-OH is 1. The third kappa shape index (κ3) is 11.9. The summed E-state index contributed by atoms with van der Waals surface area (Å²) in [5.74, 6) is 0. The lowest BCUT2D eigenvalue weighted by Crippen LogP contribution is -1.88. The first kappa shape index (κ1) is 23.9. The minimum Gasteiger partial charge on any atom is -0.392 e. The molecule has 0 aromatic heterocycles. The standard InChI is InChI=1S/C15H24O.CH2O.2CH4/c1-2-3-4-5-6-7-8-14-9-11-15(13-16)12-10-14;1-2;;/h9-12,16H,2-8,13H2,1H3;1H2;2*1H4. The fraction of sp³-hybridized carbons (Fsp3) is 0.611. The molecule has 0 amide bonds. The van der Waals surface area contributed by atoms with Crippen molar-refractivity contribution in [2.75, 3.05) is 0 Å². The van der Waals surface area contributed by atoms with E-state index in [2.05, 4.69) is 19.1 Å². The molecule has 0 saturated heterocycles. The van der Waals surface area contributed by atoms with Crippen LogP contribution in [0.3, 0.4) is 0 Å². The van der Waals surface area contributed by atoms with E-state index in [0.717, 1.165) is 5.56 Å². The van der Waals surface area contributed by atoms with Crippen molar-refractivity contribution in [1.82, 2.24) is 0 Å². The van der Waals surface area contributed by atoms with Crippen LogP contribution in [0.15, 0.2) is 24.3 Å². The average molecular weight is 282 g/mol. The van der Waals surface area contributed by atoms with Gasteiger partial charge >= 0.3 is 0 Å².